The zero-order valence-electron chi connectivity index (χ0n) is 17.0. The Hall–Kier alpha value is -3.29. The van der Waals surface area contributed by atoms with Crippen LogP contribution in [-0.2, 0) is 4.79 Å². The summed E-state index contributed by atoms with van der Waals surface area (Å²) in [7, 11) is 1.64. The summed E-state index contributed by atoms with van der Waals surface area (Å²) in [4.78, 5) is 32.3. The van der Waals surface area contributed by atoms with Crippen LogP contribution in [0.3, 0.4) is 0 Å². The largest absolute Gasteiger partial charge is 0.497 e. The highest BCUT2D eigenvalue weighted by molar-refractivity contribution is 5.96. The van der Waals surface area contributed by atoms with E-state index in [0.29, 0.717) is 39.3 Å². The number of halogens is 1. The van der Waals surface area contributed by atoms with Gasteiger partial charge in [0.15, 0.2) is 0 Å². The highest BCUT2D eigenvalue weighted by Crippen LogP contribution is 2.24. The van der Waals surface area contributed by atoms with Gasteiger partial charge >= 0.3 is 6.03 Å². The molecule has 2 aliphatic heterocycles. The summed E-state index contributed by atoms with van der Waals surface area (Å²) in [5.74, 6) is 0.287. The third-order valence-electron chi connectivity index (χ3n) is 5.62. The van der Waals surface area contributed by atoms with Crippen LogP contribution in [0.25, 0.3) is 0 Å². The summed E-state index contributed by atoms with van der Waals surface area (Å²) in [6, 6.07) is 13.7. The number of carbonyl (C=O) groups is 2. The molecule has 158 valence electrons. The second-order valence-corrected chi connectivity index (χ2v) is 7.38. The Kier molecular flexibility index (Phi) is 5.74. The van der Waals surface area contributed by atoms with E-state index in [0.717, 1.165) is 11.4 Å². The number of methoxy groups -OCH3 is 1. The number of ether oxygens (including phenoxy) is 1. The van der Waals surface area contributed by atoms with Crippen molar-refractivity contribution in [2.45, 2.75) is 0 Å². The smallest absolute Gasteiger partial charge is 0.325 e. The van der Waals surface area contributed by atoms with Gasteiger partial charge in [0.25, 0.3) is 0 Å². The summed E-state index contributed by atoms with van der Waals surface area (Å²) in [5.41, 5.74) is 1.32. The minimum Gasteiger partial charge on any atom is -0.497 e. The Bertz CT molecular complexity index is 930. The molecular formula is C22H25FN4O3. The van der Waals surface area contributed by atoms with E-state index in [1.807, 2.05) is 24.3 Å². The van der Waals surface area contributed by atoms with Gasteiger partial charge in [-0.25, -0.2) is 9.18 Å². The first-order valence-corrected chi connectivity index (χ1v) is 10.0. The molecule has 0 atom stereocenters. The molecule has 30 heavy (non-hydrogen) atoms. The van der Waals surface area contributed by atoms with E-state index in [1.54, 1.807) is 30.2 Å². The summed E-state index contributed by atoms with van der Waals surface area (Å²) in [6.45, 7) is 3.41. The van der Waals surface area contributed by atoms with Crippen LogP contribution in [0.1, 0.15) is 0 Å². The molecule has 0 saturated carbocycles. The number of benzene rings is 2. The number of urea groups is 1. The van der Waals surface area contributed by atoms with Gasteiger partial charge in [-0.2, -0.15) is 0 Å². The fraction of sp³-hybridized carbons (Fsp3) is 0.364. The van der Waals surface area contributed by atoms with Crippen molar-refractivity contribution in [3.8, 4) is 5.75 Å². The van der Waals surface area contributed by atoms with E-state index in [1.165, 1.54) is 15.9 Å². The first kappa shape index (κ1) is 20.0. The molecule has 0 radical (unpaired) electrons. The molecule has 0 aliphatic carbocycles. The Balaban J connectivity index is 1.32. The molecule has 0 N–H and O–H groups in total. The van der Waals surface area contributed by atoms with Crippen LogP contribution < -0.4 is 14.5 Å². The molecule has 0 unspecified atom stereocenters. The van der Waals surface area contributed by atoms with Crippen LogP contribution in [0.2, 0.25) is 0 Å². The average molecular weight is 412 g/mol. The Morgan fingerprint density at radius 2 is 1.77 bits per heavy atom. The number of anilines is 2. The highest BCUT2D eigenvalue weighted by Gasteiger charge is 2.33. The predicted octanol–water partition coefficient (Wildman–Crippen LogP) is 2.43. The SMILES string of the molecule is COc1cccc(N2CCN(C(=O)CN3CCN(c4ccccc4F)C3=O)CC2)c1. The molecule has 0 bridgehead atoms. The van der Waals surface area contributed by atoms with E-state index in [2.05, 4.69) is 4.90 Å². The van der Waals surface area contributed by atoms with E-state index in [-0.39, 0.29) is 24.2 Å². The van der Waals surface area contributed by atoms with Gasteiger partial charge in [-0.1, -0.05) is 18.2 Å². The lowest BCUT2D eigenvalue weighted by molar-refractivity contribution is -0.131. The fourth-order valence-corrected chi connectivity index (χ4v) is 3.91. The van der Waals surface area contributed by atoms with Gasteiger partial charge in [0.2, 0.25) is 5.91 Å². The minimum absolute atomic E-state index is 0.0168. The standard InChI is InChI=1S/C22H25FN4O3/c1-30-18-6-4-5-17(15-18)24-9-11-25(12-10-24)21(28)16-26-13-14-27(22(26)29)20-8-3-2-7-19(20)23/h2-8,15H,9-14,16H2,1H3. The van der Waals surface area contributed by atoms with Crippen LogP contribution in [0.15, 0.2) is 48.5 Å². The summed E-state index contributed by atoms with van der Waals surface area (Å²) in [5, 5.41) is 0. The van der Waals surface area contributed by atoms with Crippen molar-refractivity contribution in [2.75, 3.05) is 62.7 Å². The summed E-state index contributed by atoms with van der Waals surface area (Å²) < 4.78 is 19.3. The van der Waals surface area contributed by atoms with Crippen molar-refractivity contribution in [2.24, 2.45) is 0 Å². The van der Waals surface area contributed by atoms with E-state index >= 15 is 0 Å². The van der Waals surface area contributed by atoms with Crippen molar-refractivity contribution in [1.82, 2.24) is 9.80 Å². The molecular weight excluding hydrogens is 387 g/mol. The van der Waals surface area contributed by atoms with Gasteiger partial charge in [0, 0.05) is 51.0 Å². The van der Waals surface area contributed by atoms with Crippen molar-refractivity contribution in [3.05, 3.63) is 54.3 Å². The Labute approximate surface area is 175 Å². The van der Waals surface area contributed by atoms with Crippen LogP contribution in [0.4, 0.5) is 20.6 Å². The predicted molar refractivity (Wildman–Crippen MR) is 113 cm³/mol. The Morgan fingerprint density at radius 1 is 1.00 bits per heavy atom. The molecule has 4 rings (SSSR count). The molecule has 0 aromatic heterocycles. The monoisotopic (exact) mass is 412 g/mol. The molecule has 7 nitrogen and oxygen atoms in total. The fourth-order valence-electron chi connectivity index (χ4n) is 3.91. The summed E-state index contributed by atoms with van der Waals surface area (Å²) >= 11 is 0. The molecule has 2 heterocycles. The van der Waals surface area contributed by atoms with Crippen LogP contribution in [0.5, 0.6) is 5.75 Å². The average Bonchev–Trinajstić information content (AvgIpc) is 3.14. The van der Waals surface area contributed by atoms with Crippen LogP contribution in [0, 0.1) is 5.82 Å². The van der Waals surface area contributed by atoms with Crippen molar-refractivity contribution in [3.63, 3.8) is 0 Å². The van der Waals surface area contributed by atoms with Crippen molar-refractivity contribution < 1.29 is 18.7 Å². The second-order valence-electron chi connectivity index (χ2n) is 7.38. The molecule has 0 spiro atoms. The summed E-state index contributed by atoms with van der Waals surface area (Å²) in [6.07, 6.45) is 0. The highest BCUT2D eigenvalue weighted by atomic mass is 19.1. The van der Waals surface area contributed by atoms with E-state index in [9.17, 15) is 14.0 Å². The van der Waals surface area contributed by atoms with Gasteiger partial charge in [-0.05, 0) is 24.3 Å². The number of rotatable bonds is 5. The zero-order valence-corrected chi connectivity index (χ0v) is 17.0. The number of carbonyl (C=O) groups excluding carboxylic acids is 2. The van der Waals surface area contributed by atoms with E-state index < -0.39 is 5.82 Å². The maximum Gasteiger partial charge on any atom is 0.325 e. The third kappa shape index (κ3) is 4.03. The molecule has 2 saturated heterocycles. The molecule has 2 aromatic rings. The number of para-hydroxylation sites is 1. The molecule has 2 aliphatic rings. The second kappa shape index (κ2) is 8.61. The van der Waals surface area contributed by atoms with Crippen LogP contribution >= 0.6 is 0 Å². The number of nitrogens with zero attached hydrogens (tertiary/aromatic N) is 4. The normalized spacial score (nSPS) is 16.9. The number of hydrogen-bond acceptors (Lipinski definition) is 4. The first-order chi connectivity index (χ1) is 14.6. The molecule has 3 amide bonds. The van der Waals surface area contributed by atoms with Crippen LogP contribution in [-0.4, -0.2) is 74.7 Å². The zero-order chi connectivity index (χ0) is 21.1. The maximum atomic E-state index is 14.0. The van der Waals surface area contributed by atoms with Gasteiger partial charge in [0.1, 0.15) is 18.1 Å². The molecule has 8 heteroatoms. The molecule has 2 fully saturated rings. The van der Waals surface area contributed by atoms with Gasteiger partial charge in [-0.3, -0.25) is 9.69 Å². The number of amides is 3. The van der Waals surface area contributed by atoms with Gasteiger partial charge in [-0.15, -0.1) is 0 Å². The third-order valence-corrected chi connectivity index (χ3v) is 5.62. The van der Waals surface area contributed by atoms with Gasteiger partial charge < -0.3 is 19.4 Å². The minimum atomic E-state index is -0.437. The van der Waals surface area contributed by atoms with Crippen molar-refractivity contribution >= 4 is 23.3 Å². The van der Waals surface area contributed by atoms with E-state index in [4.69, 9.17) is 4.74 Å². The lowest BCUT2D eigenvalue weighted by Gasteiger charge is -2.36. The first-order valence-electron chi connectivity index (χ1n) is 10.0. The van der Waals surface area contributed by atoms with Gasteiger partial charge in [0.05, 0.1) is 12.8 Å². The lowest BCUT2D eigenvalue weighted by Crippen LogP contribution is -2.51. The molecule has 2 aromatic carbocycles. The van der Waals surface area contributed by atoms with Crippen molar-refractivity contribution in [1.29, 1.82) is 0 Å². The quantitative estimate of drug-likeness (QED) is 0.757. The topological polar surface area (TPSA) is 56.3 Å². The number of piperazine rings is 1. The number of hydrogen-bond donors (Lipinski definition) is 0. The maximum absolute atomic E-state index is 14.0. The lowest BCUT2D eigenvalue weighted by atomic mass is 10.2. The Morgan fingerprint density at radius 3 is 2.50 bits per heavy atom.